The fraction of sp³-hybridized carbons (Fsp3) is 0.421. The third-order valence-corrected chi connectivity index (χ3v) is 5.51. The highest BCUT2D eigenvalue weighted by molar-refractivity contribution is 7.90. The van der Waals surface area contributed by atoms with E-state index in [-0.39, 0.29) is 23.9 Å². The third-order valence-electron chi connectivity index (χ3n) is 4.06. The molecular weight excluding hydrogens is 439 g/mol. The molecule has 0 unspecified atom stereocenters. The average Bonchev–Trinajstić information content (AvgIpc) is 2.64. The van der Waals surface area contributed by atoms with E-state index >= 15 is 0 Å². The number of rotatable bonds is 8. The van der Waals surface area contributed by atoms with Gasteiger partial charge in [-0.2, -0.15) is 13.2 Å². The van der Waals surface area contributed by atoms with E-state index in [0.29, 0.717) is 11.1 Å². The second-order valence-electron chi connectivity index (χ2n) is 7.72. The molecule has 2 rings (SSSR count). The van der Waals surface area contributed by atoms with Crippen molar-refractivity contribution in [1.82, 2.24) is 15.2 Å². The summed E-state index contributed by atoms with van der Waals surface area (Å²) in [4.78, 5) is 10.9. The van der Waals surface area contributed by atoms with E-state index in [9.17, 15) is 31.5 Å². The van der Waals surface area contributed by atoms with Gasteiger partial charge in [-0.1, -0.05) is 26.0 Å². The lowest BCUT2D eigenvalue weighted by Crippen LogP contribution is -2.40. The van der Waals surface area contributed by atoms with Crippen LogP contribution in [0.25, 0.3) is 5.57 Å². The number of alkyl halides is 3. The molecule has 1 aromatic carbocycles. The van der Waals surface area contributed by atoms with Crippen LogP contribution in [0, 0.1) is 5.41 Å². The summed E-state index contributed by atoms with van der Waals surface area (Å²) < 4.78 is 70.0. The van der Waals surface area contributed by atoms with Crippen molar-refractivity contribution in [2.24, 2.45) is 5.41 Å². The smallest absolute Gasteiger partial charge is 0.407 e. The summed E-state index contributed by atoms with van der Waals surface area (Å²) in [6, 6.07) is 5.41. The SMILES string of the molecule is CC(=O)NS(=O)(=O)c1ccc(C2=CNN(CC(F)(F)F)C=C2OCC(C)(C)CO)cc1. The molecule has 3 N–H and O–H groups in total. The lowest BCUT2D eigenvalue weighted by molar-refractivity contribution is -0.144. The Morgan fingerprint density at radius 2 is 1.84 bits per heavy atom. The first kappa shape index (κ1) is 24.5. The quantitative estimate of drug-likeness (QED) is 0.542. The maximum Gasteiger partial charge on any atom is 0.407 e. The number of nitrogens with zero attached hydrogens (tertiary/aromatic N) is 1. The van der Waals surface area contributed by atoms with Crippen molar-refractivity contribution >= 4 is 21.5 Å². The molecule has 172 valence electrons. The molecular formula is C19H24F3N3O5S. The first-order chi connectivity index (χ1) is 14.2. The van der Waals surface area contributed by atoms with E-state index in [1.165, 1.54) is 30.5 Å². The standard InChI is InChI=1S/C19H24F3N3O5S/c1-13(27)24-31(28,29)15-6-4-14(5-7-15)16-8-23-25(10-19(20,21)22)9-17(16)30-12-18(2,3)11-26/h4-9,23,26H,10-12H2,1-3H3,(H,24,27). The fourth-order valence-electron chi connectivity index (χ4n) is 2.47. The average molecular weight is 463 g/mol. The molecule has 0 spiro atoms. The number of nitrogens with one attached hydrogen (secondary N) is 2. The molecule has 12 heteroatoms. The highest BCUT2D eigenvalue weighted by atomic mass is 32.2. The van der Waals surface area contributed by atoms with Crippen LogP contribution in [0.15, 0.2) is 47.3 Å². The minimum atomic E-state index is -4.45. The molecule has 0 aliphatic carbocycles. The number of benzene rings is 1. The van der Waals surface area contributed by atoms with E-state index in [2.05, 4.69) is 5.43 Å². The maximum atomic E-state index is 12.8. The molecule has 0 atom stereocenters. The second-order valence-corrected chi connectivity index (χ2v) is 9.40. The molecule has 0 aromatic heterocycles. The maximum absolute atomic E-state index is 12.8. The second kappa shape index (κ2) is 9.18. The number of aliphatic hydroxyl groups excluding tert-OH is 1. The lowest BCUT2D eigenvalue weighted by Gasteiger charge is -2.30. The van der Waals surface area contributed by atoms with Crippen LogP contribution in [0.2, 0.25) is 0 Å². The molecule has 0 saturated heterocycles. The number of ether oxygens (including phenoxy) is 1. The van der Waals surface area contributed by atoms with Gasteiger partial charge < -0.3 is 15.3 Å². The van der Waals surface area contributed by atoms with Gasteiger partial charge >= 0.3 is 6.18 Å². The van der Waals surface area contributed by atoms with E-state index in [4.69, 9.17) is 4.74 Å². The zero-order valence-corrected chi connectivity index (χ0v) is 18.0. The first-order valence-electron chi connectivity index (χ1n) is 9.12. The molecule has 0 saturated carbocycles. The normalized spacial score (nSPS) is 15.0. The number of hydrogen-bond acceptors (Lipinski definition) is 7. The van der Waals surface area contributed by atoms with Crippen LogP contribution in [0.1, 0.15) is 26.3 Å². The molecule has 0 radical (unpaired) electrons. The Balaban J connectivity index is 2.31. The summed E-state index contributed by atoms with van der Waals surface area (Å²) in [5, 5.41) is 10.2. The minimum Gasteiger partial charge on any atom is -0.491 e. The van der Waals surface area contributed by atoms with Crippen molar-refractivity contribution in [2.45, 2.75) is 31.8 Å². The molecule has 31 heavy (non-hydrogen) atoms. The minimum absolute atomic E-state index is 0.0293. The topological polar surface area (TPSA) is 108 Å². The molecule has 0 bridgehead atoms. The number of halogens is 3. The molecule has 8 nitrogen and oxygen atoms in total. The number of hydrazine groups is 1. The van der Waals surface area contributed by atoms with Crippen molar-refractivity contribution in [3.05, 3.63) is 48.0 Å². The monoisotopic (exact) mass is 463 g/mol. The zero-order chi connectivity index (χ0) is 23.4. The zero-order valence-electron chi connectivity index (χ0n) is 17.2. The van der Waals surface area contributed by atoms with Crippen molar-refractivity contribution in [3.8, 4) is 0 Å². The summed E-state index contributed by atoms with van der Waals surface area (Å²) in [7, 11) is -4.02. The molecule has 1 aromatic rings. The fourth-order valence-corrected chi connectivity index (χ4v) is 3.46. The van der Waals surface area contributed by atoms with Crippen LogP contribution in [-0.2, 0) is 19.6 Å². The molecule has 1 aliphatic heterocycles. The van der Waals surface area contributed by atoms with Gasteiger partial charge in [0.1, 0.15) is 12.3 Å². The van der Waals surface area contributed by atoms with Gasteiger partial charge in [0.05, 0.1) is 24.3 Å². The lowest BCUT2D eigenvalue weighted by atomic mass is 9.96. The number of allylic oxidation sites excluding steroid dienone is 1. The first-order valence-corrected chi connectivity index (χ1v) is 10.6. The predicted octanol–water partition coefficient (Wildman–Crippen LogP) is 2.11. The van der Waals surface area contributed by atoms with E-state index in [1.54, 1.807) is 13.8 Å². The molecule has 1 aliphatic rings. The Morgan fingerprint density at radius 1 is 1.23 bits per heavy atom. The van der Waals surface area contributed by atoms with Gasteiger partial charge in [0.2, 0.25) is 5.91 Å². The number of amides is 1. The van der Waals surface area contributed by atoms with Gasteiger partial charge in [-0.25, -0.2) is 13.1 Å². The van der Waals surface area contributed by atoms with Gasteiger partial charge in [0.25, 0.3) is 10.0 Å². The summed E-state index contributed by atoms with van der Waals surface area (Å²) in [6.45, 7) is 3.10. The van der Waals surface area contributed by atoms with Gasteiger partial charge in [0, 0.05) is 24.1 Å². The Kier molecular flexibility index (Phi) is 7.27. The van der Waals surface area contributed by atoms with Crippen LogP contribution in [0.5, 0.6) is 0 Å². The molecule has 0 fully saturated rings. The van der Waals surface area contributed by atoms with E-state index in [1.807, 2.05) is 4.72 Å². The number of carbonyl (C=O) groups is 1. The number of sulfonamides is 1. The van der Waals surface area contributed by atoms with Gasteiger partial charge in [0.15, 0.2) is 0 Å². The Hall–Kier alpha value is -2.73. The van der Waals surface area contributed by atoms with Crippen molar-refractivity contribution < 1.29 is 36.2 Å². The predicted molar refractivity (Wildman–Crippen MR) is 106 cm³/mol. The van der Waals surface area contributed by atoms with Gasteiger partial charge in [-0.3, -0.25) is 9.80 Å². The van der Waals surface area contributed by atoms with Crippen LogP contribution < -0.4 is 10.1 Å². The highest BCUT2D eigenvalue weighted by Gasteiger charge is 2.32. The summed E-state index contributed by atoms with van der Waals surface area (Å²) in [5.74, 6) is -0.625. The van der Waals surface area contributed by atoms with Crippen LogP contribution in [0.3, 0.4) is 0 Å². The number of hydrogen-bond donors (Lipinski definition) is 3. The Labute approximate surface area is 178 Å². The Bertz CT molecular complexity index is 970. The summed E-state index contributed by atoms with van der Waals surface area (Å²) in [5.41, 5.74) is 2.72. The van der Waals surface area contributed by atoms with E-state index in [0.717, 1.165) is 18.1 Å². The van der Waals surface area contributed by atoms with Crippen LogP contribution >= 0.6 is 0 Å². The Morgan fingerprint density at radius 3 is 2.35 bits per heavy atom. The van der Waals surface area contributed by atoms with Crippen molar-refractivity contribution in [1.29, 1.82) is 0 Å². The molecule has 1 amide bonds. The highest BCUT2D eigenvalue weighted by Crippen LogP contribution is 2.30. The largest absolute Gasteiger partial charge is 0.491 e. The van der Waals surface area contributed by atoms with Gasteiger partial charge in [-0.15, -0.1) is 0 Å². The third kappa shape index (κ3) is 7.17. The molecule has 1 heterocycles. The number of aliphatic hydroxyl groups is 1. The van der Waals surface area contributed by atoms with E-state index < -0.39 is 34.1 Å². The van der Waals surface area contributed by atoms with Crippen LogP contribution in [-0.4, -0.2) is 50.4 Å². The van der Waals surface area contributed by atoms with Gasteiger partial charge in [-0.05, 0) is 17.7 Å². The number of carbonyl (C=O) groups excluding carboxylic acids is 1. The summed E-state index contributed by atoms with van der Waals surface area (Å²) in [6.07, 6.45) is -1.99. The van der Waals surface area contributed by atoms with Crippen molar-refractivity contribution in [2.75, 3.05) is 19.8 Å². The van der Waals surface area contributed by atoms with Crippen LogP contribution in [0.4, 0.5) is 13.2 Å². The summed E-state index contributed by atoms with van der Waals surface area (Å²) >= 11 is 0. The van der Waals surface area contributed by atoms with Crippen molar-refractivity contribution in [3.63, 3.8) is 0 Å².